The maximum atomic E-state index is 13.9. The first-order valence-corrected chi connectivity index (χ1v) is 10.4. The predicted octanol–water partition coefficient (Wildman–Crippen LogP) is 2.90. The van der Waals surface area contributed by atoms with Gasteiger partial charge in [-0.25, -0.2) is 13.6 Å². The average molecular weight is 436 g/mol. The number of amides is 1. The molecule has 0 aliphatic heterocycles. The van der Waals surface area contributed by atoms with Gasteiger partial charge in [-0.1, -0.05) is 24.3 Å². The number of para-hydroxylation sites is 1. The molecule has 1 aliphatic rings. The van der Waals surface area contributed by atoms with Crippen molar-refractivity contribution in [2.24, 2.45) is 0 Å². The first kappa shape index (κ1) is 21.6. The van der Waals surface area contributed by atoms with Crippen LogP contribution < -0.4 is 9.03 Å². The van der Waals surface area contributed by atoms with Gasteiger partial charge in [-0.05, 0) is 37.5 Å². The fourth-order valence-corrected chi connectivity index (χ4v) is 4.36. The molecular formula is C20H18F2N2O5S. The topological polar surface area (TPSA) is 104 Å². The Morgan fingerprint density at radius 3 is 2.33 bits per heavy atom. The highest BCUT2D eigenvalue weighted by atomic mass is 32.2. The summed E-state index contributed by atoms with van der Waals surface area (Å²) in [4.78, 5) is 24.5. The van der Waals surface area contributed by atoms with E-state index in [1.54, 1.807) is 6.07 Å². The third-order valence-corrected chi connectivity index (χ3v) is 5.98. The van der Waals surface area contributed by atoms with Gasteiger partial charge < -0.3 is 5.11 Å². The molecule has 1 amide bonds. The van der Waals surface area contributed by atoms with Crippen molar-refractivity contribution in [3.05, 3.63) is 76.9 Å². The summed E-state index contributed by atoms with van der Waals surface area (Å²) >= 11 is 0. The zero-order chi connectivity index (χ0) is 21.9. The van der Waals surface area contributed by atoms with Gasteiger partial charge in [0.05, 0.1) is 5.69 Å². The molecule has 0 aromatic heterocycles. The molecule has 10 heteroatoms. The molecule has 0 radical (unpaired) electrons. The fraction of sp³-hybridized carbons (Fsp3) is 0.200. The average Bonchev–Trinajstić information content (AvgIpc) is 3.18. The number of carboxylic acids is 1. The second kappa shape index (κ2) is 8.72. The van der Waals surface area contributed by atoms with E-state index in [0.29, 0.717) is 16.8 Å². The number of hydrogen-bond donors (Lipinski definition) is 2. The lowest BCUT2D eigenvalue weighted by Gasteiger charge is -2.23. The number of halogens is 2. The lowest BCUT2D eigenvalue weighted by Crippen LogP contribution is -2.45. The molecule has 2 aromatic carbocycles. The molecule has 2 N–H and O–H groups in total. The minimum absolute atomic E-state index is 0.00119. The summed E-state index contributed by atoms with van der Waals surface area (Å²) in [5.74, 6) is -4.01. The van der Waals surface area contributed by atoms with E-state index in [1.165, 1.54) is 24.3 Å². The molecule has 0 spiro atoms. The smallest absolute Gasteiger partial charge is 0.332 e. The Kier molecular flexibility index (Phi) is 6.28. The molecule has 2 aromatic rings. The number of anilines is 1. The number of hydrogen-bond acceptors (Lipinski definition) is 4. The molecule has 0 saturated heterocycles. The van der Waals surface area contributed by atoms with Gasteiger partial charge in [0.25, 0.3) is 5.91 Å². The zero-order valence-electron chi connectivity index (χ0n) is 15.6. The quantitative estimate of drug-likeness (QED) is 0.695. The van der Waals surface area contributed by atoms with Crippen LogP contribution >= 0.6 is 0 Å². The Morgan fingerprint density at radius 1 is 1.03 bits per heavy atom. The van der Waals surface area contributed by atoms with Crippen LogP contribution in [0.2, 0.25) is 0 Å². The molecule has 0 saturated carbocycles. The van der Waals surface area contributed by atoms with E-state index < -0.39 is 40.3 Å². The third kappa shape index (κ3) is 4.55. The van der Waals surface area contributed by atoms with Gasteiger partial charge in [0.1, 0.15) is 11.6 Å². The van der Waals surface area contributed by atoms with Gasteiger partial charge in [-0.3, -0.25) is 4.79 Å². The van der Waals surface area contributed by atoms with Gasteiger partial charge in [0, 0.05) is 29.3 Å². The highest BCUT2D eigenvalue weighted by Gasteiger charge is 2.35. The van der Waals surface area contributed by atoms with E-state index in [-0.39, 0.29) is 35.2 Å². The summed E-state index contributed by atoms with van der Waals surface area (Å²) in [6.45, 7) is -0.532. The van der Waals surface area contributed by atoms with E-state index >= 15 is 0 Å². The molecule has 0 unspecified atom stereocenters. The summed E-state index contributed by atoms with van der Waals surface area (Å²) in [5.41, 5.74) is -0.337. The fourth-order valence-electron chi connectivity index (χ4n) is 3.17. The van der Waals surface area contributed by atoms with Crippen LogP contribution in [-0.4, -0.2) is 25.4 Å². The van der Waals surface area contributed by atoms with Crippen molar-refractivity contribution in [1.29, 1.82) is 0 Å². The lowest BCUT2D eigenvalue weighted by molar-refractivity contribution is -0.133. The largest absolute Gasteiger partial charge is 0.478 e. The van der Waals surface area contributed by atoms with Crippen LogP contribution in [0.4, 0.5) is 14.5 Å². The Labute approximate surface area is 171 Å². The zero-order valence-corrected chi connectivity index (χ0v) is 16.5. The second-order valence-corrected chi connectivity index (χ2v) is 8.19. The normalized spacial score (nSPS) is 14.1. The van der Waals surface area contributed by atoms with E-state index in [9.17, 15) is 31.9 Å². The minimum Gasteiger partial charge on any atom is -0.478 e. The van der Waals surface area contributed by atoms with Crippen LogP contribution in [-0.2, 0) is 26.3 Å². The summed E-state index contributed by atoms with van der Waals surface area (Å²) in [7, 11) is -4.54. The van der Waals surface area contributed by atoms with E-state index in [0.717, 1.165) is 12.1 Å². The maximum Gasteiger partial charge on any atom is 0.332 e. The molecule has 0 fully saturated rings. The molecule has 7 nitrogen and oxygen atoms in total. The number of carbonyl (C=O) groups is 2. The molecule has 0 heterocycles. The Bertz CT molecular complexity index is 1120. The van der Waals surface area contributed by atoms with Crippen molar-refractivity contribution >= 4 is 27.8 Å². The lowest BCUT2D eigenvalue weighted by atomic mass is 10.1. The van der Waals surface area contributed by atoms with Crippen molar-refractivity contribution in [3.8, 4) is 0 Å². The number of nitrogens with one attached hydrogen (secondary N) is 1. The van der Waals surface area contributed by atoms with Crippen molar-refractivity contribution in [2.75, 3.05) is 4.31 Å². The van der Waals surface area contributed by atoms with Crippen LogP contribution in [0.25, 0.3) is 0 Å². The highest BCUT2D eigenvalue weighted by Crippen LogP contribution is 2.30. The summed E-state index contributed by atoms with van der Waals surface area (Å²) in [6, 6.07) is 10.1. The van der Waals surface area contributed by atoms with E-state index in [1.807, 2.05) is 0 Å². The number of nitrogens with zero attached hydrogens (tertiary/aromatic N) is 1. The predicted molar refractivity (Wildman–Crippen MR) is 105 cm³/mol. The molecule has 158 valence electrons. The van der Waals surface area contributed by atoms with E-state index in [2.05, 4.69) is 4.72 Å². The van der Waals surface area contributed by atoms with Crippen molar-refractivity contribution in [2.45, 2.75) is 25.8 Å². The number of rotatable bonds is 7. The van der Waals surface area contributed by atoms with Crippen LogP contribution in [0.1, 0.15) is 24.8 Å². The summed E-state index contributed by atoms with van der Waals surface area (Å²) < 4.78 is 55.5. The Morgan fingerprint density at radius 2 is 1.70 bits per heavy atom. The number of carbonyl (C=O) groups excluding carboxylic acids is 1. The van der Waals surface area contributed by atoms with Crippen LogP contribution in [0, 0.1) is 11.6 Å². The molecule has 3 rings (SSSR count). The maximum absolute atomic E-state index is 13.9. The van der Waals surface area contributed by atoms with Gasteiger partial charge in [0.15, 0.2) is 0 Å². The van der Waals surface area contributed by atoms with Gasteiger partial charge in [-0.15, -0.1) is 0 Å². The summed E-state index contributed by atoms with van der Waals surface area (Å²) in [5, 5.41) is 9.33. The first-order chi connectivity index (χ1) is 14.2. The highest BCUT2D eigenvalue weighted by molar-refractivity contribution is 7.91. The van der Waals surface area contributed by atoms with Crippen molar-refractivity contribution in [3.63, 3.8) is 0 Å². The molecule has 1 aliphatic carbocycles. The van der Waals surface area contributed by atoms with Crippen LogP contribution in [0.5, 0.6) is 0 Å². The standard InChI is InChI=1S/C20H18F2N2O5S/c21-14-10-9-13(18(22)11-14)12-23-30(28,29)24(15-5-2-1-3-6-15)19(25)16-7-4-8-17(16)20(26)27/h1-3,5-6,9-11,23H,4,7-8,12H2,(H,26,27). The Hall–Kier alpha value is -3.11. The van der Waals surface area contributed by atoms with Crippen LogP contribution in [0.3, 0.4) is 0 Å². The van der Waals surface area contributed by atoms with Gasteiger partial charge in [0.2, 0.25) is 0 Å². The number of carboxylic acid groups (broad SMARTS) is 1. The molecule has 30 heavy (non-hydrogen) atoms. The SMILES string of the molecule is O=C(O)C1=C(C(=O)N(c2ccccc2)S(=O)(=O)NCc2ccc(F)cc2F)CCC1. The van der Waals surface area contributed by atoms with E-state index in [4.69, 9.17) is 0 Å². The monoisotopic (exact) mass is 436 g/mol. The molecule has 0 atom stereocenters. The Balaban J connectivity index is 1.97. The minimum atomic E-state index is -4.54. The number of benzene rings is 2. The van der Waals surface area contributed by atoms with Crippen molar-refractivity contribution < 1.29 is 31.9 Å². The van der Waals surface area contributed by atoms with Gasteiger partial charge in [-0.2, -0.15) is 17.4 Å². The molecular weight excluding hydrogens is 418 g/mol. The summed E-state index contributed by atoms with van der Waals surface area (Å²) in [6.07, 6.45) is 0.707. The third-order valence-electron chi connectivity index (χ3n) is 4.61. The molecule has 0 bridgehead atoms. The van der Waals surface area contributed by atoms with Crippen molar-refractivity contribution in [1.82, 2.24) is 4.72 Å². The van der Waals surface area contributed by atoms with Gasteiger partial charge >= 0.3 is 16.2 Å². The first-order valence-electron chi connectivity index (χ1n) is 8.99. The second-order valence-electron chi connectivity index (χ2n) is 6.58. The van der Waals surface area contributed by atoms with Crippen LogP contribution in [0.15, 0.2) is 59.7 Å². The number of aliphatic carboxylic acids is 1.